The number of para-hydroxylation sites is 1. The molecule has 138 valence electrons. The fourth-order valence-corrected chi connectivity index (χ4v) is 3.45. The molecule has 0 aromatic heterocycles. The second-order valence-corrected chi connectivity index (χ2v) is 7.37. The first-order chi connectivity index (χ1) is 12.3. The van der Waals surface area contributed by atoms with E-state index in [9.17, 15) is 23.3 Å². The second kappa shape index (κ2) is 8.07. The molecule has 0 atom stereocenters. The van der Waals surface area contributed by atoms with E-state index in [4.69, 9.17) is 0 Å². The van der Waals surface area contributed by atoms with E-state index in [0.717, 1.165) is 0 Å². The van der Waals surface area contributed by atoms with Gasteiger partial charge in [-0.1, -0.05) is 19.1 Å². The van der Waals surface area contributed by atoms with Crippen LogP contribution in [0.5, 0.6) is 0 Å². The molecule has 26 heavy (non-hydrogen) atoms. The molecular weight excluding hydrogens is 358 g/mol. The molecule has 0 unspecified atom stereocenters. The van der Waals surface area contributed by atoms with Crippen molar-refractivity contribution in [2.45, 2.75) is 25.2 Å². The van der Waals surface area contributed by atoms with Gasteiger partial charge in [0, 0.05) is 17.8 Å². The summed E-state index contributed by atoms with van der Waals surface area (Å²) >= 11 is 0. The zero-order chi connectivity index (χ0) is 19.3. The number of carbonyl (C=O) groups excluding carboxylic acids is 1. The third kappa shape index (κ3) is 4.44. The summed E-state index contributed by atoms with van der Waals surface area (Å²) < 4.78 is 26.5. The highest BCUT2D eigenvalue weighted by Gasteiger charge is 2.22. The van der Waals surface area contributed by atoms with Crippen molar-refractivity contribution in [1.29, 1.82) is 0 Å². The summed E-state index contributed by atoms with van der Waals surface area (Å²) in [7, 11) is -3.60. The predicted octanol–water partition coefficient (Wildman–Crippen LogP) is 2.84. The average Bonchev–Trinajstić information content (AvgIpc) is 2.60. The lowest BCUT2D eigenvalue weighted by molar-refractivity contribution is -0.385. The van der Waals surface area contributed by atoms with Crippen LogP contribution in [0.25, 0.3) is 0 Å². The molecule has 8 nitrogen and oxygen atoms in total. The Kier molecular flexibility index (Phi) is 6.06. The van der Waals surface area contributed by atoms with Crippen LogP contribution in [0.1, 0.15) is 29.3 Å². The maximum atomic E-state index is 12.4. The maximum absolute atomic E-state index is 12.4. The normalized spacial score (nSPS) is 11.2. The van der Waals surface area contributed by atoms with Crippen LogP contribution in [0.15, 0.2) is 47.4 Å². The number of carbonyl (C=O) groups is 1. The number of anilines is 1. The van der Waals surface area contributed by atoms with E-state index in [2.05, 4.69) is 10.0 Å². The third-order valence-electron chi connectivity index (χ3n) is 3.63. The highest BCUT2D eigenvalue weighted by Crippen LogP contribution is 2.24. The fourth-order valence-electron chi connectivity index (χ4n) is 2.32. The molecule has 2 rings (SSSR count). The van der Waals surface area contributed by atoms with Crippen LogP contribution in [-0.2, 0) is 10.0 Å². The summed E-state index contributed by atoms with van der Waals surface area (Å²) in [6, 6.07) is 10.1. The number of hydrogen-bond acceptors (Lipinski definition) is 5. The quantitative estimate of drug-likeness (QED) is 0.568. The fraction of sp³-hybridized carbons (Fsp3) is 0.235. The second-order valence-electron chi connectivity index (χ2n) is 5.60. The Morgan fingerprint density at radius 3 is 2.38 bits per heavy atom. The van der Waals surface area contributed by atoms with Gasteiger partial charge in [-0.25, -0.2) is 13.1 Å². The van der Waals surface area contributed by atoms with Gasteiger partial charge >= 0.3 is 0 Å². The molecule has 0 fully saturated rings. The van der Waals surface area contributed by atoms with Crippen LogP contribution in [0.3, 0.4) is 0 Å². The van der Waals surface area contributed by atoms with E-state index in [-0.39, 0.29) is 16.1 Å². The highest BCUT2D eigenvalue weighted by atomic mass is 32.2. The molecule has 0 heterocycles. The van der Waals surface area contributed by atoms with Crippen molar-refractivity contribution in [3.05, 3.63) is 63.7 Å². The van der Waals surface area contributed by atoms with Crippen molar-refractivity contribution in [3.63, 3.8) is 0 Å². The number of nitro benzene ring substituents is 1. The number of hydrogen-bond donors (Lipinski definition) is 2. The third-order valence-corrected chi connectivity index (χ3v) is 5.11. The van der Waals surface area contributed by atoms with Crippen molar-refractivity contribution in [1.82, 2.24) is 4.72 Å². The van der Waals surface area contributed by atoms with Gasteiger partial charge in [0.2, 0.25) is 10.0 Å². The predicted molar refractivity (Wildman–Crippen MR) is 97.7 cm³/mol. The molecule has 0 aliphatic rings. The largest absolute Gasteiger partial charge is 0.322 e. The van der Waals surface area contributed by atoms with Gasteiger partial charge in [-0.05, 0) is 43.7 Å². The van der Waals surface area contributed by atoms with Gasteiger partial charge in [-0.2, -0.15) is 0 Å². The minimum atomic E-state index is -3.60. The Morgan fingerprint density at radius 2 is 1.81 bits per heavy atom. The van der Waals surface area contributed by atoms with Crippen molar-refractivity contribution in [2.24, 2.45) is 0 Å². The topological polar surface area (TPSA) is 118 Å². The summed E-state index contributed by atoms with van der Waals surface area (Å²) in [5.41, 5.74) is 0.399. The summed E-state index contributed by atoms with van der Waals surface area (Å²) in [6.07, 6.45) is 0.669. The van der Waals surface area contributed by atoms with Crippen molar-refractivity contribution in [3.8, 4) is 0 Å². The van der Waals surface area contributed by atoms with Gasteiger partial charge in [0.05, 0.1) is 9.82 Å². The average molecular weight is 377 g/mol. The highest BCUT2D eigenvalue weighted by molar-refractivity contribution is 7.89. The number of nitro groups is 1. The zero-order valence-electron chi connectivity index (χ0n) is 14.4. The molecule has 1 amide bonds. The number of aryl methyl sites for hydroxylation is 1. The molecule has 0 saturated heterocycles. The molecule has 9 heteroatoms. The number of rotatable bonds is 7. The summed E-state index contributed by atoms with van der Waals surface area (Å²) in [6.45, 7) is 3.74. The van der Waals surface area contributed by atoms with Gasteiger partial charge in [0.15, 0.2) is 0 Å². The lowest BCUT2D eigenvalue weighted by Crippen LogP contribution is -2.24. The summed E-state index contributed by atoms with van der Waals surface area (Å²) in [5.74, 6) is -0.639. The van der Waals surface area contributed by atoms with Crippen LogP contribution in [0, 0.1) is 17.0 Å². The number of sulfonamides is 1. The first-order valence-electron chi connectivity index (χ1n) is 7.91. The van der Waals surface area contributed by atoms with Gasteiger partial charge < -0.3 is 5.32 Å². The van der Waals surface area contributed by atoms with Crippen LogP contribution < -0.4 is 10.0 Å². The van der Waals surface area contributed by atoms with Gasteiger partial charge in [-0.3, -0.25) is 14.9 Å². The van der Waals surface area contributed by atoms with Crippen LogP contribution in [0.2, 0.25) is 0 Å². The lowest BCUT2D eigenvalue weighted by Gasteiger charge is -2.09. The Bertz CT molecular complexity index is 924. The molecule has 0 saturated carbocycles. The number of amides is 1. The monoisotopic (exact) mass is 377 g/mol. The molecule has 0 aliphatic carbocycles. The smallest absolute Gasteiger partial charge is 0.285 e. The van der Waals surface area contributed by atoms with Crippen LogP contribution >= 0.6 is 0 Å². The Balaban J connectivity index is 2.21. The Hall–Kier alpha value is -2.78. The van der Waals surface area contributed by atoms with E-state index in [1.807, 2.05) is 6.92 Å². The van der Waals surface area contributed by atoms with E-state index in [1.165, 1.54) is 30.3 Å². The number of nitrogens with one attached hydrogen (secondary N) is 2. The van der Waals surface area contributed by atoms with Crippen molar-refractivity contribution >= 4 is 27.3 Å². The van der Waals surface area contributed by atoms with Gasteiger partial charge in [0.25, 0.3) is 11.6 Å². The summed E-state index contributed by atoms with van der Waals surface area (Å²) in [5, 5.41) is 13.7. The molecule has 0 spiro atoms. The molecular formula is C17H19N3O5S. The minimum absolute atomic E-state index is 0.0590. The molecule has 2 aromatic rings. The Labute approximate surface area is 151 Å². The van der Waals surface area contributed by atoms with Crippen molar-refractivity contribution < 1.29 is 18.1 Å². The first kappa shape index (κ1) is 19.5. The molecule has 2 aromatic carbocycles. The number of nitrogens with zero attached hydrogens (tertiary/aromatic N) is 1. The standard InChI is InChI=1S/C17H19N3O5S/c1-3-11-18-26(24,25)14-9-7-13(8-10-14)19-17(21)15-6-4-5-12(2)16(15)20(22)23/h4-10,18H,3,11H2,1-2H3,(H,19,21). The molecule has 2 N–H and O–H groups in total. The van der Waals surface area contributed by atoms with E-state index < -0.39 is 20.9 Å². The van der Waals surface area contributed by atoms with Crippen LogP contribution in [0.4, 0.5) is 11.4 Å². The van der Waals surface area contributed by atoms with E-state index in [0.29, 0.717) is 24.2 Å². The Morgan fingerprint density at radius 1 is 1.15 bits per heavy atom. The SMILES string of the molecule is CCCNS(=O)(=O)c1ccc(NC(=O)c2cccc(C)c2[N+](=O)[O-])cc1. The maximum Gasteiger partial charge on any atom is 0.285 e. The first-order valence-corrected chi connectivity index (χ1v) is 9.39. The van der Waals surface area contributed by atoms with Crippen LogP contribution in [-0.4, -0.2) is 25.8 Å². The van der Waals surface area contributed by atoms with E-state index >= 15 is 0 Å². The molecule has 0 radical (unpaired) electrons. The summed E-state index contributed by atoms with van der Waals surface area (Å²) in [4.78, 5) is 23.0. The molecule has 0 bridgehead atoms. The number of benzene rings is 2. The molecule has 0 aliphatic heterocycles. The zero-order valence-corrected chi connectivity index (χ0v) is 15.2. The lowest BCUT2D eigenvalue weighted by atomic mass is 10.1. The van der Waals surface area contributed by atoms with Crippen molar-refractivity contribution in [2.75, 3.05) is 11.9 Å². The van der Waals surface area contributed by atoms with Gasteiger partial charge in [0.1, 0.15) is 5.56 Å². The van der Waals surface area contributed by atoms with E-state index in [1.54, 1.807) is 19.1 Å². The van der Waals surface area contributed by atoms with Gasteiger partial charge in [-0.15, -0.1) is 0 Å². The minimum Gasteiger partial charge on any atom is -0.322 e.